The third-order valence-corrected chi connectivity index (χ3v) is 3.46. The number of anilines is 1. The maximum atomic E-state index is 5.40. The molecule has 114 valence electrons. The number of hydrogen-bond acceptors (Lipinski definition) is 4. The van der Waals surface area contributed by atoms with Crippen molar-refractivity contribution in [2.45, 2.75) is 20.0 Å². The van der Waals surface area contributed by atoms with E-state index >= 15 is 0 Å². The van der Waals surface area contributed by atoms with E-state index in [0.717, 1.165) is 32.0 Å². The molecule has 4 nitrogen and oxygen atoms in total. The number of furan rings is 1. The molecule has 2 rings (SSSR count). The number of aryl methyl sites for hydroxylation is 1. The van der Waals surface area contributed by atoms with Crippen molar-refractivity contribution in [1.29, 1.82) is 0 Å². The summed E-state index contributed by atoms with van der Waals surface area (Å²) in [5.41, 5.74) is 3.79. The van der Waals surface area contributed by atoms with Crippen LogP contribution >= 0.6 is 0 Å². The zero-order chi connectivity index (χ0) is 15.1. The predicted molar refractivity (Wildman–Crippen MR) is 85.6 cm³/mol. The van der Waals surface area contributed by atoms with E-state index in [4.69, 9.17) is 9.15 Å². The Bertz CT molecular complexity index is 538. The van der Waals surface area contributed by atoms with Gasteiger partial charge in [0.25, 0.3) is 0 Å². The molecule has 0 aliphatic rings. The Labute approximate surface area is 126 Å². The Morgan fingerprint density at radius 1 is 1.29 bits per heavy atom. The fraction of sp³-hybridized carbons (Fsp3) is 0.412. The van der Waals surface area contributed by atoms with E-state index < -0.39 is 0 Å². The highest BCUT2D eigenvalue weighted by Gasteiger charge is 2.07. The fourth-order valence-electron chi connectivity index (χ4n) is 2.38. The number of rotatable bonds is 8. The molecule has 0 unspecified atom stereocenters. The summed E-state index contributed by atoms with van der Waals surface area (Å²) in [6.07, 6.45) is 1.71. The van der Waals surface area contributed by atoms with Crippen molar-refractivity contribution in [1.82, 2.24) is 5.32 Å². The summed E-state index contributed by atoms with van der Waals surface area (Å²) in [5, 5.41) is 3.36. The SMILES string of the molecule is COCCNCc1ccc(N(C)Cc2ccco2)c(C)c1. The van der Waals surface area contributed by atoms with Gasteiger partial charge in [-0.2, -0.15) is 0 Å². The van der Waals surface area contributed by atoms with Crippen LogP contribution in [0.4, 0.5) is 5.69 Å². The van der Waals surface area contributed by atoms with Gasteiger partial charge in [0, 0.05) is 32.9 Å². The first-order valence-electron chi connectivity index (χ1n) is 7.23. The molecule has 0 bridgehead atoms. The van der Waals surface area contributed by atoms with Crippen LogP contribution in [-0.4, -0.2) is 27.3 Å². The largest absolute Gasteiger partial charge is 0.467 e. The van der Waals surface area contributed by atoms with Gasteiger partial charge in [0.15, 0.2) is 0 Å². The number of methoxy groups -OCH3 is 1. The molecule has 1 aromatic heterocycles. The van der Waals surface area contributed by atoms with Crippen molar-refractivity contribution >= 4 is 5.69 Å². The van der Waals surface area contributed by atoms with Gasteiger partial charge in [-0.3, -0.25) is 0 Å². The maximum absolute atomic E-state index is 5.40. The molecule has 0 spiro atoms. The second-order valence-corrected chi connectivity index (χ2v) is 5.23. The van der Waals surface area contributed by atoms with Crippen LogP contribution in [0.25, 0.3) is 0 Å². The van der Waals surface area contributed by atoms with Crippen LogP contribution in [0.1, 0.15) is 16.9 Å². The van der Waals surface area contributed by atoms with Crippen LogP contribution in [0, 0.1) is 6.92 Å². The molecular weight excluding hydrogens is 264 g/mol. The van der Waals surface area contributed by atoms with E-state index in [-0.39, 0.29) is 0 Å². The van der Waals surface area contributed by atoms with Crippen LogP contribution in [0.3, 0.4) is 0 Å². The summed E-state index contributed by atoms with van der Waals surface area (Å²) in [4.78, 5) is 2.20. The van der Waals surface area contributed by atoms with Gasteiger partial charge in [-0.25, -0.2) is 0 Å². The van der Waals surface area contributed by atoms with Crippen LogP contribution in [-0.2, 0) is 17.8 Å². The molecule has 0 atom stereocenters. The summed E-state index contributed by atoms with van der Waals surface area (Å²) in [6.45, 7) is 5.40. The van der Waals surface area contributed by atoms with Crippen LogP contribution in [0.15, 0.2) is 41.0 Å². The summed E-state index contributed by atoms with van der Waals surface area (Å²) in [7, 11) is 3.80. The number of benzene rings is 1. The minimum atomic E-state index is 0.739. The normalized spacial score (nSPS) is 10.8. The highest BCUT2D eigenvalue weighted by Crippen LogP contribution is 2.22. The van der Waals surface area contributed by atoms with Crippen LogP contribution in [0.2, 0.25) is 0 Å². The molecule has 0 aliphatic carbocycles. The van der Waals surface area contributed by atoms with Crippen LogP contribution < -0.4 is 10.2 Å². The molecule has 1 heterocycles. The van der Waals surface area contributed by atoms with E-state index in [1.165, 1.54) is 16.8 Å². The van der Waals surface area contributed by atoms with Crippen molar-refractivity contribution in [2.24, 2.45) is 0 Å². The predicted octanol–water partition coefficient (Wildman–Crippen LogP) is 2.96. The van der Waals surface area contributed by atoms with E-state index in [0.29, 0.717) is 0 Å². The summed E-state index contributed by atoms with van der Waals surface area (Å²) < 4.78 is 10.4. The number of hydrogen-bond donors (Lipinski definition) is 1. The number of nitrogens with zero attached hydrogens (tertiary/aromatic N) is 1. The highest BCUT2D eigenvalue weighted by molar-refractivity contribution is 5.54. The van der Waals surface area contributed by atoms with Crippen LogP contribution in [0.5, 0.6) is 0 Å². The molecule has 1 N–H and O–H groups in total. The van der Waals surface area contributed by atoms with E-state index in [2.05, 4.69) is 42.4 Å². The topological polar surface area (TPSA) is 37.6 Å². The minimum absolute atomic E-state index is 0.739. The summed E-state index contributed by atoms with van der Waals surface area (Å²) >= 11 is 0. The lowest BCUT2D eigenvalue weighted by Crippen LogP contribution is -2.19. The lowest BCUT2D eigenvalue weighted by Gasteiger charge is -2.21. The van der Waals surface area contributed by atoms with Gasteiger partial charge in [0.1, 0.15) is 5.76 Å². The molecule has 0 aliphatic heterocycles. The Balaban J connectivity index is 1.94. The molecule has 0 amide bonds. The Kier molecular flexibility index (Phi) is 5.84. The molecule has 2 aromatic rings. The second kappa shape index (κ2) is 7.86. The highest BCUT2D eigenvalue weighted by atomic mass is 16.5. The van der Waals surface area contributed by atoms with Gasteiger partial charge < -0.3 is 19.4 Å². The standard InChI is InChI=1S/C17H24N2O2/c1-14-11-15(12-18-8-10-20-3)6-7-17(14)19(2)13-16-5-4-9-21-16/h4-7,9,11,18H,8,10,12-13H2,1-3H3. The first-order chi connectivity index (χ1) is 10.2. The van der Waals surface area contributed by atoms with Gasteiger partial charge in [-0.05, 0) is 36.2 Å². The first kappa shape index (κ1) is 15.6. The maximum Gasteiger partial charge on any atom is 0.123 e. The summed E-state index contributed by atoms with van der Waals surface area (Å²) in [5.74, 6) is 0.974. The fourth-order valence-corrected chi connectivity index (χ4v) is 2.38. The van der Waals surface area contributed by atoms with Crippen molar-refractivity contribution in [3.8, 4) is 0 Å². The average Bonchev–Trinajstić information content (AvgIpc) is 2.96. The van der Waals surface area contributed by atoms with Gasteiger partial charge in [0.05, 0.1) is 19.4 Å². The average molecular weight is 288 g/mol. The Hall–Kier alpha value is -1.78. The number of nitrogens with one attached hydrogen (secondary N) is 1. The van der Waals surface area contributed by atoms with E-state index in [1.54, 1.807) is 13.4 Å². The van der Waals surface area contributed by atoms with Crippen molar-refractivity contribution in [3.05, 3.63) is 53.5 Å². The first-order valence-corrected chi connectivity index (χ1v) is 7.23. The molecule has 21 heavy (non-hydrogen) atoms. The monoisotopic (exact) mass is 288 g/mol. The molecule has 0 radical (unpaired) electrons. The van der Waals surface area contributed by atoms with E-state index in [1.807, 2.05) is 12.1 Å². The third kappa shape index (κ3) is 4.62. The lowest BCUT2D eigenvalue weighted by atomic mass is 10.1. The third-order valence-electron chi connectivity index (χ3n) is 3.46. The van der Waals surface area contributed by atoms with Gasteiger partial charge in [-0.15, -0.1) is 0 Å². The van der Waals surface area contributed by atoms with Gasteiger partial charge in [0.2, 0.25) is 0 Å². The molecule has 1 aromatic carbocycles. The zero-order valence-corrected chi connectivity index (χ0v) is 13.1. The Morgan fingerprint density at radius 2 is 2.14 bits per heavy atom. The molecular formula is C17H24N2O2. The molecule has 0 fully saturated rings. The number of ether oxygens (including phenoxy) is 1. The second-order valence-electron chi connectivity index (χ2n) is 5.23. The minimum Gasteiger partial charge on any atom is -0.467 e. The van der Waals surface area contributed by atoms with Gasteiger partial charge >= 0.3 is 0 Å². The Morgan fingerprint density at radius 3 is 2.81 bits per heavy atom. The summed E-state index contributed by atoms with van der Waals surface area (Å²) in [6, 6.07) is 10.5. The zero-order valence-electron chi connectivity index (χ0n) is 13.1. The smallest absolute Gasteiger partial charge is 0.123 e. The van der Waals surface area contributed by atoms with Crippen molar-refractivity contribution in [3.63, 3.8) is 0 Å². The molecule has 0 saturated heterocycles. The lowest BCUT2D eigenvalue weighted by molar-refractivity contribution is 0.199. The molecule has 0 saturated carbocycles. The quantitative estimate of drug-likeness (QED) is 0.758. The van der Waals surface area contributed by atoms with E-state index in [9.17, 15) is 0 Å². The van der Waals surface area contributed by atoms with Crippen molar-refractivity contribution < 1.29 is 9.15 Å². The van der Waals surface area contributed by atoms with Crippen molar-refractivity contribution in [2.75, 3.05) is 32.2 Å². The molecule has 4 heteroatoms. The van der Waals surface area contributed by atoms with Gasteiger partial charge in [-0.1, -0.05) is 12.1 Å².